The molecule has 1 rings (SSSR count). The number of nitrogens with one attached hydrogen (secondary N) is 2. The molecule has 5 heteroatoms. The van der Waals surface area contributed by atoms with Crippen LogP contribution in [-0.2, 0) is 17.8 Å². The monoisotopic (exact) mass is 278 g/mol. The Balaban J connectivity index is 2.29. The first-order chi connectivity index (χ1) is 9.51. The normalized spacial score (nSPS) is 11.7. The zero-order chi connectivity index (χ0) is 15.0. The first-order valence-corrected chi connectivity index (χ1v) is 6.85. The lowest BCUT2D eigenvalue weighted by Gasteiger charge is -2.13. The number of hydrogen-bond acceptors (Lipinski definition) is 2. The Morgan fingerprint density at radius 1 is 1.20 bits per heavy atom. The van der Waals surface area contributed by atoms with Crippen molar-refractivity contribution < 1.29 is 14.7 Å². The fourth-order valence-corrected chi connectivity index (χ4v) is 1.76. The van der Waals surface area contributed by atoms with Gasteiger partial charge in [0.15, 0.2) is 0 Å². The van der Waals surface area contributed by atoms with Gasteiger partial charge in [0.05, 0.1) is 0 Å². The van der Waals surface area contributed by atoms with Crippen molar-refractivity contribution in [2.24, 2.45) is 0 Å². The minimum atomic E-state index is -0.852. The molecule has 3 N–H and O–H groups in total. The van der Waals surface area contributed by atoms with Crippen LogP contribution in [0.2, 0.25) is 0 Å². The van der Waals surface area contributed by atoms with Crippen molar-refractivity contribution in [3.8, 4) is 0 Å². The van der Waals surface area contributed by atoms with Crippen molar-refractivity contribution in [1.29, 1.82) is 0 Å². The molecule has 1 aromatic carbocycles. The lowest BCUT2D eigenvalue weighted by atomic mass is 10.1. The van der Waals surface area contributed by atoms with Gasteiger partial charge in [-0.15, -0.1) is 0 Å². The third kappa shape index (κ3) is 6.22. The molecule has 0 bridgehead atoms. The van der Waals surface area contributed by atoms with Crippen molar-refractivity contribution >= 4 is 12.0 Å². The Hall–Kier alpha value is -2.04. The van der Waals surface area contributed by atoms with Gasteiger partial charge in [0.1, 0.15) is 0 Å². The number of carboxylic acids is 1. The van der Waals surface area contributed by atoms with Gasteiger partial charge in [-0.1, -0.05) is 31.2 Å². The van der Waals surface area contributed by atoms with Gasteiger partial charge >= 0.3 is 12.0 Å². The average molecular weight is 278 g/mol. The highest BCUT2D eigenvalue weighted by Crippen LogP contribution is 2.04. The van der Waals surface area contributed by atoms with Crippen molar-refractivity contribution in [1.82, 2.24) is 10.6 Å². The summed E-state index contributed by atoms with van der Waals surface area (Å²) in [5.74, 6) is -0.852. The molecule has 5 nitrogen and oxygen atoms in total. The third-order valence-electron chi connectivity index (χ3n) is 3.05. The van der Waals surface area contributed by atoms with Crippen LogP contribution in [-0.4, -0.2) is 23.1 Å². The van der Waals surface area contributed by atoms with Crippen LogP contribution in [0, 0.1) is 0 Å². The van der Waals surface area contributed by atoms with Crippen LogP contribution in [0.1, 0.15) is 37.8 Å². The summed E-state index contributed by atoms with van der Waals surface area (Å²) in [5.41, 5.74) is 2.30. The number of aryl methyl sites for hydroxylation is 1. The van der Waals surface area contributed by atoms with Gasteiger partial charge in [0.25, 0.3) is 0 Å². The highest BCUT2D eigenvalue weighted by molar-refractivity contribution is 5.74. The number of amides is 2. The van der Waals surface area contributed by atoms with Crippen LogP contribution < -0.4 is 10.6 Å². The Labute approximate surface area is 119 Å². The molecule has 0 aliphatic heterocycles. The molecule has 0 radical (unpaired) electrons. The first kappa shape index (κ1) is 16.0. The van der Waals surface area contributed by atoms with E-state index >= 15 is 0 Å². The highest BCUT2D eigenvalue weighted by Gasteiger charge is 2.08. The molecule has 0 saturated heterocycles. The van der Waals surface area contributed by atoms with Crippen LogP contribution >= 0.6 is 0 Å². The van der Waals surface area contributed by atoms with E-state index in [1.165, 1.54) is 5.56 Å². The van der Waals surface area contributed by atoms with Crippen LogP contribution in [0.25, 0.3) is 0 Å². The van der Waals surface area contributed by atoms with Crippen LogP contribution in [0.4, 0.5) is 4.79 Å². The summed E-state index contributed by atoms with van der Waals surface area (Å²) in [6, 6.07) is 7.64. The number of carboxylic acid groups (broad SMARTS) is 1. The standard InChI is InChI=1S/C15H22N2O3/c1-3-12-5-7-13(8-6-12)10-16-15(20)17-11(2)4-9-14(18)19/h5-8,11H,3-4,9-10H2,1-2H3,(H,18,19)(H2,16,17,20). The average Bonchev–Trinajstić information content (AvgIpc) is 2.43. The molecule has 0 aliphatic rings. The van der Waals surface area contributed by atoms with E-state index in [-0.39, 0.29) is 18.5 Å². The maximum absolute atomic E-state index is 11.6. The summed E-state index contributed by atoms with van der Waals surface area (Å²) in [7, 11) is 0. The van der Waals surface area contributed by atoms with E-state index in [0.29, 0.717) is 13.0 Å². The molecule has 0 aromatic heterocycles. The fraction of sp³-hybridized carbons (Fsp3) is 0.467. The van der Waals surface area contributed by atoms with Gasteiger partial charge in [-0.2, -0.15) is 0 Å². The van der Waals surface area contributed by atoms with Gasteiger partial charge < -0.3 is 15.7 Å². The Bertz CT molecular complexity index is 443. The Kier molecular flexibility index (Phi) is 6.56. The molecule has 0 aliphatic carbocycles. The molecule has 1 aromatic rings. The molecule has 110 valence electrons. The quantitative estimate of drug-likeness (QED) is 0.716. The van der Waals surface area contributed by atoms with Gasteiger partial charge in [0, 0.05) is 19.0 Å². The molecule has 1 atom stereocenters. The van der Waals surface area contributed by atoms with E-state index in [1.807, 2.05) is 24.3 Å². The van der Waals surface area contributed by atoms with Gasteiger partial charge in [-0.25, -0.2) is 4.79 Å². The molecule has 0 saturated carbocycles. The molecule has 0 heterocycles. The van der Waals surface area contributed by atoms with Gasteiger partial charge in [0.2, 0.25) is 0 Å². The van der Waals surface area contributed by atoms with Crippen molar-refractivity contribution in [3.05, 3.63) is 35.4 Å². The second-order valence-corrected chi connectivity index (χ2v) is 4.83. The second kappa shape index (κ2) is 8.19. The molecular formula is C15H22N2O3. The maximum Gasteiger partial charge on any atom is 0.315 e. The smallest absolute Gasteiger partial charge is 0.315 e. The van der Waals surface area contributed by atoms with Crippen LogP contribution in [0.5, 0.6) is 0 Å². The molecule has 0 fully saturated rings. The lowest BCUT2D eigenvalue weighted by Crippen LogP contribution is -2.40. The molecule has 1 unspecified atom stereocenters. The number of aliphatic carboxylic acids is 1. The number of hydrogen-bond donors (Lipinski definition) is 3. The number of urea groups is 1. The Morgan fingerprint density at radius 3 is 2.35 bits per heavy atom. The van der Waals surface area contributed by atoms with Crippen molar-refractivity contribution in [3.63, 3.8) is 0 Å². The fourth-order valence-electron chi connectivity index (χ4n) is 1.76. The summed E-state index contributed by atoms with van der Waals surface area (Å²) < 4.78 is 0. The van der Waals surface area contributed by atoms with Crippen LogP contribution in [0.3, 0.4) is 0 Å². The largest absolute Gasteiger partial charge is 0.481 e. The second-order valence-electron chi connectivity index (χ2n) is 4.83. The summed E-state index contributed by atoms with van der Waals surface area (Å²) in [6.45, 7) is 4.35. The van der Waals surface area contributed by atoms with Gasteiger partial charge in [-0.3, -0.25) is 4.79 Å². The van der Waals surface area contributed by atoms with E-state index < -0.39 is 5.97 Å². The number of benzene rings is 1. The van der Waals surface area contributed by atoms with Gasteiger partial charge in [-0.05, 0) is 30.9 Å². The Morgan fingerprint density at radius 2 is 1.80 bits per heavy atom. The summed E-state index contributed by atoms with van der Waals surface area (Å²) in [4.78, 5) is 22.0. The van der Waals surface area contributed by atoms with E-state index in [1.54, 1.807) is 6.92 Å². The first-order valence-electron chi connectivity index (χ1n) is 6.85. The SMILES string of the molecule is CCc1ccc(CNC(=O)NC(C)CCC(=O)O)cc1. The lowest BCUT2D eigenvalue weighted by molar-refractivity contribution is -0.137. The van der Waals surface area contributed by atoms with Crippen molar-refractivity contribution in [2.75, 3.05) is 0 Å². The molecule has 20 heavy (non-hydrogen) atoms. The number of carbonyl (C=O) groups excluding carboxylic acids is 1. The predicted octanol–water partition coefficient (Wildman–Crippen LogP) is 2.30. The topological polar surface area (TPSA) is 78.4 Å². The zero-order valence-corrected chi connectivity index (χ0v) is 12.0. The third-order valence-corrected chi connectivity index (χ3v) is 3.05. The molecule has 2 amide bonds. The highest BCUT2D eigenvalue weighted by atomic mass is 16.4. The predicted molar refractivity (Wildman–Crippen MR) is 77.5 cm³/mol. The number of carbonyl (C=O) groups is 2. The zero-order valence-electron chi connectivity index (χ0n) is 12.0. The van der Waals surface area contributed by atoms with Crippen LogP contribution in [0.15, 0.2) is 24.3 Å². The summed E-state index contributed by atoms with van der Waals surface area (Å²) in [5, 5.41) is 14.0. The number of rotatable bonds is 7. The minimum Gasteiger partial charge on any atom is -0.481 e. The molecular weight excluding hydrogens is 256 g/mol. The van der Waals surface area contributed by atoms with E-state index in [2.05, 4.69) is 17.6 Å². The maximum atomic E-state index is 11.6. The van der Waals surface area contributed by atoms with Crippen molar-refractivity contribution in [2.45, 2.75) is 45.7 Å². The summed E-state index contributed by atoms with van der Waals surface area (Å²) in [6.07, 6.45) is 1.48. The van der Waals surface area contributed by atoms with E-state index in [9.17, 15) is 9.59 Å². The molecule has 0 spiro atoms. The summed E-state index contributed by atoms with van der Waals surface area (Å²) >= 11 is 0. The van der Waals surface area contributed by atoms with E-state index in [4.69, 9.17) is 5.11 Å². The minimum absolute atomic E-state index is 0.0555. The van der Waals surface area contributed by atoms with E-state index in [0.717, 1.165) is 12.0 Å².